The van der Waals surface area contributed by atoms with E-state index in [0.29, 0.717) is 0 Å². The van der Waals surface area contributed by atoms with Crippen molar-refractivity contribution in [3.63, 3.8) is 0 Å². The van der Waals surface area contributed by atoms with Crippen molar-refractivity contribution in [1.82, 2.24) is 0 Å². The quantitative estimate of drug-likeness (QED) is 0.159. The molecular weight excluding hydrogens is 276 g/mol. The van der Waals surface area contributed by atoms with E-state index in [0.717, 1.165) is 6.42 Å². The molecule has 0 bridgehead atoms. The second kappa shape index (κ2) is 18.9. The molecule has 1 atom stereocenters. The Morgan fingerprint density at radius 1 is 0.636 bits per heavy atom. The number of rotatable bonds is 18. The Morgan fingerprint density at radius 2 is 1.05 bits per heavy atom. The van der Waals surface area contributed by atoms with Crippen molar-refractivity contribution in [2.24, 2.45) is 0 Å². The molecule has 0 fully saturated rings. The zero-order chi connectivity index (χ0) is 16.3. The van der Waals surface area contributed by atoms with Crippen LogP contribution in [0.25, 0.3) is 0 Å². The molecule has 134 valence electrons. The van der Waals surface area contributed by atoms with E-state index in [1.165, 1.54) is 97.0 Å². The smallest absolute Gasteiger partial charge is 0.0933 e. The summed E-state index contributed by atoms with van der Waals surface area (Å²) in [4.78, 5) is 9.40. The van der Waals surface area contributed by atoms with Crippen LogP contribution in [0.4, 0.5) is 0 Å². The molecule has 0 amide bonds. The Balaban J connectivity index is 3.02. The van der Waals surface area contributed by atoms with Crippen molar-refractivity contribution in [2.75, 3.05) is 7.11 Å². The lowest BCUT2D eigenvalue weighted by molar-refractivity contribution is -0.515. The van der Waals surface area contributed by atoms with Gasteiger partial charge in [0.15, 0.2) is 0 Å². The second-order valence-electron chi connectivity index (χ2n) is 6.53. The lowest BCUT2D eigenvalue weighted by atomic mass is 10.0. The Kier molecular flexibility index (Phi) is 18.8. The first-order valence-corrected chi connectivity index (χ1v) is 9.67. The molecule has 0 radical (unpaired) electrons. The number of unbranched alkanes of at least 4 members (excludes halogenated alkanes) is 13. The van der Waals surface area contributed by atoms with E-state index < -0.39 is 0 Å². The maximum absolute atomic E-state index is 4.98. The van der Waals surface area contributed by atoms with Crippen LogP contribution in [0.2, 0.25) is 0 Å². The molecule has 0 aromatic rings. The van der Waals surface area contributed by atoms with Crippen LogP contribution in [-0.4, -0.2) is 13.2 Å². The summed E-state index contributed by atoms with van der Waals surface area (Å²) in [5.74, 6) is 0. The largest absolute Gasteiger partial charge is 0.210 e. The van der Waals surface area contributed by atoms with Crippen LogP contribution >= 0.6 is 0 Å². The highest BCUT2D eigenvalue weighted by atomic mass is 17.5. The molecule has 0 saturated carbocycles. The van der Waals surface area contributed by atoms with Crippen molar-refractivity contribution in [3.8, 4) is 0 Å². The Bertz CT molecular complexity index is 197. The molecule has 3 nitrogen and oxygen atoms in total. The lowest BCUT2D eigenvalue weighted by Gasteiger charge is -2.09. The maximum atomic E-state index is 4.98. The second-order valence-corrected chi connectivity index (χ2v) is 6.53. The molecule has 0 N–H and O–H groups in total. The summed E-state index contributed by atoms with van der Waals surface area (Å²) < 4.78 is 0. The molecule has 0 rings (SSSR count). The van der Waals surface area contributed by atoms with Gasteiger partial charge in [0, 0.05) is 0 Å². The molecule has 0 saturated heterocycles. The minimum Gasteiger partial charge on any atom is -0.210 e. The first-order valence-electron chi connectivity index (χ1n) is 9.67. The average molecular weight is 317 g/mol. The van der Waals surface area contributed by atoms with Crippen LogP contribution in [0.5, 0.6) is 0 Å². The van der Waals surface area contributed by atoms with Gasteiger partial charge in [-0.3, -0.25) is 0 Å². The van der Waals surface area contributed by atoms with E-state index in [2.05, 4.69) is 16.8 Å². The molecule has 0 aromatic heterocycles. The summed E-state index contributed by atoms with van der Waals surface area (Å²) in [6.07, 6.45) is 20.7. The molecule has 1 unspecified atom stereocenters. The molecule has 0 aliphatic rings. The van der Waals surface area contributed by atoms with Gasteiger partial charge in [0.25, 0.3) is 0 Å². The fourth-order valence-corrected chi connectivity index (χ4v) is 2.78. The van der Waals surface area contributed by atoms with Gasteiger partial charge in [0.2, 0.25) is 0 Å². The highest BCUT2D eigenvalue weighted by Crippen LogP contribution is 2.14. The lowest BCUT2D eigenvalue weighted by Crippen LogP contribution is -2.08. The van der Waals surface area contributed by atoms with Gasteiger partial charge in [-0.2, -0.15) is 0 Å². The first kappa shape index (κ1) is 21.9. The molecule has 3 heteroatoms. The zero-order valence-corrected chi connectivity index (χ0v) is 15.4. The van der Waals surface area contributed by atoms with E-state index >= 15 is 0 Å². The average Bonchev–Trinajstić information content (AvgIpc) is 2.53. The third kappa shape index (κ3) is 17.9. The third-order valence-electron chi connectivity index (χ3n) is 4.24. The molecule has 22 heavy (non-hydrogen) atoms. The van der Waals surface area contributed by atoms with Gasteiger partial charge >= 0.3 is 0 Å². The van der Waals surface area contributed by atoms with E-state index in [4.69, 9.17) is 4.89 Å². The van der Waals surface area contributed by atoms with Crippen LogP contribution in [0.1, 0.15) is 110 Å². The summed E-state index contributed by atoms with van der Waals surface area (Å²) in [5, 5.41) is 4.46. The predicted octanol–water partition coefficient (Wildman–Crippen LogP) is 6.76. The minimum absolute atomic E-state index is 0.122. The fraction of sp³-hybridized carbons (Fsp3) is 1.00. The molecule has 0 aliphatic heterocycles. The van der Waals surface area contributed by atoms with Crippen molar-refractivity contribution in [3.05, 3.63) is 0 Å². The van der Waals surface area contributed by atoms with Gasteiger partial charge in [-0.25, -0.2) is 9.78 Å². The molecule has 0 aromatic carbocycles. The van der Waals surface area contributed by atoms with Gasteiger partial charge in [-0.1, -0.05) is 102 Å². The Labute approximate surface area is 139 Å². The van der Waals surface area contributed by atoms with Crippen LogP contribution < -0.4 is 0 Å². The highest BCUT2D eigenvalue weighted by Gasteiger charge is 2.02. The van der Waals surface area contributed by atoms with Gasteiger partial charge in [0.1, 0.15) is 0 Å². The summed E-state index contributed by atoms with van der Waals surface area (Å²) in [6.45, 7) is 4.30. The number of hydrogen-bond donors (Lipinski definition) is 0. The maximum Gasteiger partial charge on any atom is 0.0933 e. The third-order valence-corrected chi connectivity index (χ3v) is 4.24. The monoisotopic (exact) mass is 316 g/mol. The summed E-state index contributed by atoms with van der Waals surface area (Å²) in [5.41, 5.74) is 0. The van der Waals surface area contributed by atoms with Crippen molar-refractivity contribution < 1.29 is 14.8 Å². The SMILES string of the molecule is CCCCCCCCCCCCCCCCC(C)OOOC. The van der Waals surface area contributed by atoms with Gasteiger partial charge < -0.3 is 0 Å². The van der Waals surface area contributed by atoms with Crippen LogP contribution in [0.3, 0.4) is 0 Å². The van der Waals surface area contributed by atoms with Crippen molar-refractivity contribution in [2.45, 2.75) is 116 Å². The van der Waals surface area contributed by atoms with Crippen LogP contribution in [0.15, 0.2) is 0 Å². The van der Waals surface area contributed by atoms with E-state index in [9.17, 15) is 0 Å². The Morgan fingerprint density at radius 3 is 1.45 bits per heavy atom. The minimum atomic E-state index is 0.122. The van der Waals surface area contributed by atoms with Gasteiger partial charge in [-0.15, -0.1) is 0 Å². The fourth-order valence-electron chi connectivity index (χ4n) is 2.78. The normalized spacial score (nSPS) is 12.7. The van der Waals surface area contributed by atoms with E-state index in [1.54, 1.807) is 0 Å². The van der Waals surface area contributed by atoms with Crippen molar-refractivity contribution in [1.29, 1.82) is 0 Å². The zero-order valence-electron chi connectivity index (χ0n) is 15.4. The van der Waals surface area contributed by atoms with Crippen LogP contribution in [-0.2, 0) is 14.8 Å². The standard InChI is InChI=1S/C19H40O3/c1-4-5-6-7-8-9-10-11-12-13-14-15-16-17-18-19(2)21-22-20-3/h19H,4-18H2,1-3H3. The van der Waals surface area contributed by atoms with Crippen LogP contribution in [0, 0.1) is 0 Å². The van der Waals surface area contributed by atoms with Crippen molar-refractivity contribution >= 4 is 0 Å². The molecule has 0 aliphatic carbocycles. The van der Waals surface area contributed by atoms with Gasteiger partial charge in [0.05, 0.1) is 13.2 Å². The summed E-state index contributed by atoms with van der Waals surface area (Å²) in [7, 11) is 1.46. The Hall–Kier alpha value is -0.120. The molecule has 0 spiro atoms. The van der Waals surface area contributed by atoms with E-state index in [-0.39, 0.29) is 6.10 Å². The predicted molar refractivity (Wildman–Crippen MR) is 93.6 cm³/mol. The first-order chi connectivity index (χ1) is 10.8. The van der Waals surface area contributed by atoms with E-state index in [1.807, 2.05) is 6.92 Å². The molecular formula is C19H40O3. The summed E-state index contributed by atoms with van der Waals surface area (Å²) >= 11 is 0. The van der Waals surface area contributed by atoms with Gasteiger partial charge in [-0.05, 0) is 13.3 Å². The number of hydrogen-bond acceptors (Lipinski definition) is 3. The molecule has 0 heterocycles. The highest BCUT2D eigenvalue weighted by molar-refractivity contribution is 4.51. The summed E-state index contributed by atoms with van der Waals surface area (Å²) in [6, 6.07) is 0. The topological polar surface area (TPSA) is 27.7 Å².